The smallest absolute Gasteiger partial charge is 0.306 e. The van der Waals surface area contributed by atoms with E-state index < -0.39 is 36.5 Å². The molecular weight excluding hydrogens is 569 g/mol. The topological polar surface area (TPSA) is 94.5 Å². The van der Waals surface area contributed by atoms with Crippen molar-refractivity contribution < 1.29 is 33.6 Å². The summed E-state index contributed by atoms with van der Waals surface area (Å²) in [4.78, 5) is 27.4. The molecule has 1 N–H and O–H groups in total. The first kappa shape index (κ1) is 30.7. The average molecular weight is 603 g/mol. The second-order valence-corrected chi connectivity index (χ2v) is 10.6. The first-order valence-electron chi connectivity index (χ1n) is 13.2. The summed E-state index contributed by atoms with van der Waals surface area (Å²) >= 11 is 12.5. The molecule has 8 nitrogen and oxygen atoms in total. The summed E-state index contributed by atoms with van der Waals surface area (Å²) in [7, 11) is 3.14. The fraction of sp³-hybridized carbons (Fsp3) is 0.355. The van der Waals surface area contributed by atoms with Gasteiger partial charge in [-0.2, -0.15) is 0 Å². The van der Waals surface area contributed by atoms with Gasteiger partial charge >= 0.3 is 5.97 Å². The average Bonchev–Trinajstić information content (AvgIpc) is 2.96. The Kier molecular flexibility index (Phi) is 10.5. The molecule has 0 spiro atoms. The lowest BCUT2D eigenvalue weighted by molar-refractivity contribution is -0.185. The normalized spacial score (nSPS) is 19.6. The molecule has 10 heteroatoms. The third-order valence-corrected chi connectivity index (χ3v) is 7.55. The number of carbonyl (C=O) groups is 2. The molecule has 4 atom stereocenters. The molecule has 1 saturated heterocycles. The van der Waals surface area contributed by atoms with Gasteiger partial charge in [-0.3, -0.25) is 9.59 Å². The molecule has 0 bridgehead atoms. The van der Waals surface area contributed by atoms with Gasteiger partial charge in [0.25, 0.3) is 5.91 Å². The number of carboxylic acid groups (broad SMARTS) is 1. The quantitative estimate of drug-likeness (QED) is 0.253. The van der Waals surface area contributed by atoms with Crippen LogP contribution < -0.4 is 9.47 Å². The van der Waals surface area contributed by atoms with Crippen LogP contribution in [0.25, 0.3) is 0 Å². The van der Waals surface area contributed by atoms with Crippen molar-refractivity contribution in [1.29, 1.82) is 0 Å². The number of halogens is 2. The van der Waals surface area contributed by atoms with Crippen LogP contribution in [0.3, 0.4) is 0 Å². The minimum absolute atomic E-state index is 0.211. The van der Waals surface area contributed by atoms with Gasteiger partial charge in [0.2, 0.25) is 0 Å². The second kappa shape index (κ2) is 14.0. The molecule has 1 amide bonds. The van der Waals surface area contributed by atoms with Gasteiger partial charge in [-0.25, -0.2) is 0 Å². The number of ether oxygens (including phenoxy) is 4. The van der Waals surface area contributed by atoms with Gasteiger partial charge in [0.1, 0.15) is 12.2 Å². The summed E-state index contributed by atoms with van der Waals surface area (Å²) in [5, 5.41) is 10.7. The van der Waals surface area contributed by atoms with Gasteiger partial charge < -0.3 is 29.0 Å². The minimum Gasteiger partial charge on any atom is -0.493 e. The Labute approximate surface area is 249 Å². The number of rotatable bonds is 12. The first-order chi connectivity index (χ1) is 19.7. The molecule has 0 aliphatic carbocycles. The van der Waals surface area contributed by atoms with Crippen molar-refractivity contribution in [2.24, 2.45) is 0 Å². The highest BCUT2D eigenvalue weighted by Crippen LogP contribution is 2.44. The maximum Gasteiger partial charge on any atom is 0.306 e. The molecule has 218 valence electrons. The van der Waals surface area contributed by atoms with E-state index in [1.165, 1.54) is 0 Å². The molecule has 1 aliphatic heterocycles. The largest absolute Gasteiger partial charge is 0.493 e. The number of nitrogens with zero attached hydrogens (tertiary/aromatic N) is 1. The van der Waals surface area contributed by atoms with Crippen molar-refractivity contribution in [3.63, 3.8) is 0 Å². The Balaban J connectivity index is 1.69. The molecule has 3 aromatic rings. The monoisotopic (exact) mass is 601 g/mol. The van der Waals surface area contributed by atoms with Crippen molar-refractivity contribution in [3.05, 3.63) is 93.5 Å². The molecule has 1 aliphatic rings. The highest BCUT2D eigenvalue weighted by molar-refractivity contribution is 6.30. The zero-order valence-electron chi connectivity index (χ0n) is 23.1. The second-order valence-electron chi connectivity index (χ2n) is 9.71. The first-order valence-corrected chi connectivity index (χ1v) is 14.0. The zero-order valence-corrected chi connectivity index (χ0v) is 24.6. The maximum absolute atomic E-state index is 13.9. The number of benzene rings is 3. The highest BCUT2D eigenvalue weighted by atomic mass is 35.5. The number of hydrogen-bond donors (Lipinski definition) is 1. The highest BCUT2D eigenvalue weighted by Gasteiger charge is 2.47. The van der Waals surface area contributed by atoms with E-state index in [9.17, 15) is 14.7 Å². The van der Waals surface area contributed by atoms with Crippen molar-refractivity contribution in [1.82, 2.24) is 4.90 Å². The number of amides is 1. The molecule has 0 radical (unpaired) electrons. The zero-order chi connectivity index (χ0) is 29.5. The third kappa shape index (κ3) is 7.32. The van der Waals surface area contributed by atoms with Crippen molar-refractivity contribution in [2.45, 2.75) is 50.7 Å². The van der Waals surface area contributed by atoms with Gasteiger partial charge in [-0.15, -0.1) is 0 Å². The van der Waals surface area contributed by atoms with Crippen LogP contribution in [0.5, 0.6) is 11.5 Å². The number of methoxy groups -OCH3 is 2. The summed E-state index contributed by atoms with van der Waals surface area (Å²) in [5.74, 6) is -0.334. The molecular formula is C31H33Cl2NO7. The van der Waals surface area contributed by atoms with Crippen molar-refractivity contribution >= 4 is 35.1 Å². The molecule has 4 rings (SSSR count). The standard InChI is InChI=1S/C31H33Cl2NO7/c1-4-24(18-40-17-19-8-13-25(38-2)26(14-19)39-3)34-29(20-9-11-22(32)12-10-20)30(21-6-5-7-23(33)15-21)41-27(31(34)37)16-28(35)36/h5-15,24,27,29-30H,4,16-18H2,1-3H3,(H,35,36)/t24?,27-,29-,30-/m1/s1. The number of carboxylic acids is 1. The Morgan fingerprint density at radius 1 is 0.976 bits per heavy atom. The Morgan fingerprint density at radius 3 is 2.34 bits per heavy atom. The molecule has 3 aromatic carbocycles. The summed E-state index contributed by atoms with van der Waals surface area (Å²) in [6, 6.07) is 19.0. The number of morpholine rings is 1. The molecule has 1 heterocycles. The lowest BCUT2D eigenvalue weighted by Gasteiger charge is -2.48. The van der Waals surface area contributed by atoms with E-state index in [1.54, 1.807) is 49.5 Å². The van der Waals surface area contributed by atoms with Crippen LogP contribution in [0.15, 0.2) is 66.7 Å². The summed E-state index contributed by atoms with van der Waals surface area (Å²) in [6.07, 6.45) is -1.77. The van der Waals surface area contributed by atoms with E-state index >= 15 is 0 Å². The van der Waals surface area contributed by atoms with Crippen molar-refractivity contribution in [3.8, 4) is 11.5 Å². The van der Waals surface area contributed by atoms with Gasteiger partial charge in [-0.1, -0.05) is 60.5 Å². The summed E-state index contributed by atoms with van der Waals surface area (Å²) < 4.78 is 23.1. The van der Waals surface area contributed by atoms with Crippen LogP contribution in [-0.4, -0.2) is 54.9 Å². The molecule has 41 heavy (non-hydrogen) atoms. The van der Waals surface area contributed by atoms with Crippen molar-refractivity contribution in [2.75, 3.05) is 20.8 Å². The van der Waals surface area contributed by atoms with Crippen LogP contribution in [0.1, 0.15) is 48.6 Å². The fourth-order valence-corrected chi connectivity index (χ4v) is 5.40. The van der Waals surface area contributed by atoms with Crippen LogP contribution in [0.2, 0.25) is 10.0 Å². The Bertz CT molecular complexity index is 1350. The predicted octanol–water partition coefficient (Wildman–Crippen LogP) is 6.49. The van der Waals surface area contributed by atoms with E-state index in [4.69, 9.17) is 42.1 Å². The molecule has 0 aromatic heterocycles. The van der Waals surface area contributed by atoms with Crippen LogP contribution >= 0.6 is 23.2 Å². The number of hydrogen-bond acceptors (Lipinski definition) is 6. The number of carbonyl (C=O) groups excluding carboxylic acids is 1. The molecule has 0 saturated carbocycles. The van der Waals surface area contributed by atoms with E-state index in [1.807, 2.05) is 43.3 Å². The summed E-state index contributed by atoms with van der Waals surface area (Å²) in [6.45, 7) is 2.45. The fourth-order valence-electron chi connectivity index (χ4n) is 5.08. The van der Waals surface area contributed by atoms with Gasteiger partial charge in [0.05, 0.1) is 45.9 Å². The lowest BCUT2D eigenvalue weighted by atomic mass is 9.89. The Hall–Kier alpha value is -3.30. The summed E-state index contributed by atoms with van der Waals surface area (Å²) in [5.41, 5.74) is 2.40. The SMILES string of the molecule is CCC(COCc1ccc(OC)c(OC)c1)N1C(=O)[C@@H](CC(=O)O)O[C@H](c2cccc(Cl)c2)[C@H]1c1ccc(Cl)cc1. The van der Waals surface area contributed by atoms with Gasteiger partial charge in [-0.05, 0) is 59.5 Å². The van der Waals surface area contributed by atoms with E-state index in [2.05, 4.69) is 0 Å². The molecule has 1 unspecified atom stereocenters. The maximum atomic E-state index is 13.9. The number of aliphatic carboxylic acids is 1. The lowest BCUT2D eigenvalue weighted by Crippen LogP contribution is -2.56. The predicted molar refractivity (Wildman–Crippen MR) is 156 cm³/mol. The van der Waals surface area contributed by atoms with E-state index in [0.29, 0.717) is 28.0 Å². The van der Waals surface area contributed by atoms with Crippen LogP contribution in [0, 0.1) is 0 Å². The third-order valence-electron chi connectivity index (χ3n) is 7.07. The van der Waals surface area contributed by atoms with Crippen LogP contribution in [-0.2, 0) is 25.7 Å². The molecule has 1 fully saturated rings. The Morgan fingerprint density at radius 2 is 1.71 bits per heavy atom. The van der Waals surface area contributed by atoms with Crippen LogP contribution in [0.4, 0.5) is 0 Å². The van der Waals surface area contributed by atoms with E-state index in [0.717, 1.165) is 16.7 Å². The van der Waals surface area contributed by atoms with Gasteiger partial charge in [0.15, 0.2) is 11.5 Å². The van der Waals surface area contributed by atoms with E-state index in [-0.39, 0.29) is 19.3 Å². The minimum atomic E-state index is -1.18. The van der Waals surface area contributed by atoms with Gasteiger partial charge in [0, 0.05) is 10.0 Å².